The molecule has 0 bridgehead atoms. The molecule has 1 aromatic rings. The van der Waals surface area contributed by atoms with Gasteiger partial charge in [0, 0.05) is 18.4 Å². The van der Waals surface area contributed by atoms with E-state index < -0.39 is 0 Å². The Hall–Kier alpha value is -1.77. The van der Waals surface area contributed by atoms with Crippen LogP contribution in [0, 0.1) is 0 Å². The van der Waals surface area contributed by atoms with Gasteiger partial charge < -0.3 is 10.3 Å². The molecule has 4 rings (SSSR count). The van der Waals surface area contributed by atoms with E-state index in [1.54, 1.807) is 0 Å². The summed E-state index contributed by atoms with van der Waals surface area (Å²) in [7, 11) is 0. The summed E-state index contributed by atoms with van der Waals surface area (Å²) >= 11 is 0. The number of nitrogens with zero attached hydrogens (tertiary/aromatic N) is 1. The van der Waals surface area contributed by atoms with E-state index in [4.69, 9.17) is 4.99 Å². The van der Waals surface area contributed by atoms with Crippen molar-refractivity contribution in [1.29, 1.82) is 0 Å². The van der Waals surface area contributed by atoms with Crippen molar-refractivity contribution in [1.82, 2.24) is 10.3 Å². The second kappa shape index (κ2) is 7.42. The number of hydrogen-bond acceptors (Lipinski definition) is 2. The minimum absolute atomic E-state index is 0.634. The fourth-order valence-corrected chi connectivity index (χ4v) is 4.34. The first-order valence-electron chi connectivity index (χ1n) is 9.83. The number of aromatic nitrogens is 1. The molecule has 3 nitrogen and oxygen atoms in total. The standard InChI is InChI=1S/C21H29N3/c1-2-4-9-16(10-5-3-1)23-15-20-17-11-6-7-12-18(17)21(24-20)19-13-8-14-22-19/h8,13-16,22-23H,1-7,9-12H2. The molecule has 3 heteroatoms. The molecule has 1 aliphatic heterocycles. The van der Waals surface area contributed by atoms with Crippen molar-refractivity contribution in [2.45, 2.75) is 76.7 Å². The molecule has 2 heterocycles. The number of H-pyrrole nitrogens is 1. The van der Waals surface area contributed by atoms with Crippen LogP contribution >= 0.6 is 0 Å². The zero-order valence-electron chi connectivity index (χ0n) is 14.6. The summed E-state index contributed by atoms with van der Waals surface area (Å²) in [5.41, 5.74) is 6.51. The van der Waals surface area contributed by atoms with Gasteiger partial charge in [-0.15, -0.1) is 0 Å². The summed E-state index contributed by atoms with van der Waals surface area (Å²) in [6.45, 7) is 0. The smallest absolute Gasteiger partial charge is 0.0907 e. The fraction of sp³-hybridized carbons (Fsp3) is 0.571. The number of aliphatic imine (C=N–C) groups is 1. The van der Waals surface area contributed by atoms with Crippen molar-refractivity contribution in [3.63, 3.8) is 0 Å². The molecule has 0 amide bonds. The van der Waals surface area contributed by atoms with Crippen LogP contribution in [0.5, 0.6) is 0 Å². The van der Waals surface area contributed by atoms with Crippen LogP contribution in [0.4, 0.5) is 0 Å². The molecule has 24 heavy (non-hydrogen) atoms. The number of hydrogen-bond donors (Lipinski definition) is 2. The lowest BCUT2D eigenvalue weighted by Gasteiger charge is -2.20. The van der Waals surface area contributed by atoms with Crippen LogP contribution in [0.25, 0.3) is 0 Å². The predicted octanol–water partition coefficient (Wildman–Crippen LogP) is 5.23. The average molecular weight is 323 g/mol. The highest BCUT2D eigenvalue weighted by Crippen LogP contribution is 2.37. The second-order valence-corrected chi connectivity index (χ2v) is 7.45. The van der Waals surface area contributed by atoms with Gasteiger partial charge in [-0.3, -0.25) is 0 Å². The molecular formula is C21H29N3. The van der Waals surface area contributed by atoms with Crippen LogP contribution in [0.2, 0.25) is 0 Å². The summed E-state index contributed by atoms with van der Waals surface area (Å²) in [6.07, 6.45) is 18.7. The van der Waals surface area contributed by atoms with Crippen LogP contribution in [0.15, 0.2) is 46.4 Å². The Bertz CT molecular complexity index is 641. The van der Waals surface area contributed by atoms with Gasteiger partial charge in [-0.05, 0) is 61.8 Å². The zero-order valence-corrected chi connectivity index (χ0v) is 14.6. The highest BCUT2D eigenvalue weighted by molar-refractivity contribution is 6.15. The third-order valence-electron chi connectivity index (χ3n) is 5.71. The van der Waals surface area contributed by atoms with Crippen LogP contribution in [0.1, 0.15) is 76.3 Å². The second-order valence-electron chi connectivity index (χ2n) is 7.45. The van der Waals surface area contributed by atoms with Gasteiger partial charge in [-0.1, -0.05) is 32.1 Å². The first-order valence-corrected chi connectivity index (χ1v) is 9.83. The van der Waals surface area contributed by atoms with Gasteiger partial charge in [0.15, 0.2) is 0 Å². The van der Waals surface area contributed by atoms with Crippen LogP contribution < -0.4 is 5.32 Å². The maximum absolute atomic E-state index is 5.01. The van der Waals surface area contributed by atoms with Crippen molar-refractivity contribution < 1.29 is 0 Å². The fourth-order valence-electron chi connectivity index (χ4n) is 4.34. The molecule has 0 saturated heterocycles. The first-order chi connectivity index (χ1) is 11.9. The van der Waals surface area contributed by atoms with Gasteiger partial charge in [0.1, 0.15) is 0 Å². The van der Waals surface area contributed by atoms with Crippen molar-refractivity contribution in [3.8, 4) is 0 Å². The summed E-state index contributed by atoms with van der Waals surface area (Å²) in [6, 6.07) is 4.84. The molecule has 0 unspecified atom stereocenters. The van der Waals surface area contributed by atoms with Crippen LogP contribution in [-0.4, -0.2) is 16.7 Å². The van der Waals surface area contributed by atoms with Gasteiger partial charge in [-0.25, -0.2) is 4.99 Å². The van der Waals surface area contributed by atoms with Crippen molar-refractivity contribution in [2.75, 3.05) is 0 Å². The minimum Gasteiger partial charge on any atom is -0.386 e. The van der Waals surface area contributed by atoms with Gasteiger partial charge >= 0.3 is 0 Å². The van der Waals surface area contributed by atoms with E-state index in [9.17, 15) is 0 Å². The van der Waals surface area contributed by atoms with Crippen LogP contribution in [0.3, 0.4) is 0 Å². The van der Waals surface area contributed by atoms with E-state index in [1.807, 2.05) is 6.20 Å². The Morgan fingerprint density at radius 3 is 2.46 bits per heavy atom. The van der Waals surface area contributed by atoms with Crippen molar-refractivity contribution >= 4 is 5.71 Å². The third-order valence-corrected chi connectivity index (χ3v) is 5.71. The zero-order chi connectivity index (χ0) is 16.2. The lowest BCUT2D eigenvalue weighted by Crippen LogP contribution is -2.25. The molecule has 2 N–H and O–H groups in total. The Morgan fingerprint density at radius 1 is 0.958 bits per heavy atom. The molecule has 1 aromatic heterocycles. The number of allylic oxidation sites excluding steroid dienone is 2. The molecule has 1 fully saturated rings. The van der Waals surface area contributed by atoms with Gasteiger partial charge in [-0.2, -0.15) is 0 Å². The van der Waals surface area contributed by atoms with Crippen molar-refractivity contribution in [2.24, 2.45) is 4.99 Å². The van der Waals surface area contributed by atoms with E-state index >= 15 is 0 Å². The number of rotatable bonds is 3. The first kappa shape index (κ1) is 15.7. The van der Waals surface area contributed by atoms with E-state index in [1.165, 1.54) is 98.9 Å². The normalized spacial score (nSPS) is 24.5. The molecule has 0 atom stereocenters. The average Bonchev–Trinajstić information content (AvgIpc) is 3.21. The third kappa shape index (κ3) is 3.35. The maximum atomic E-state index is 5.01. The topological polar surface area (TPSA) is 40.2 Å². The monoisotopic (exact) mass is 323 g/mol. The summed E-state index contributed by atoms with van der Waals surface area (Å²) < 4.78 is 0. The predicted molar refractivity (Wildman–Crippen MR) is 100 cm³/mol. The highest BCUT2D eigenvalue weighted by Gasteiger charge is 2.27. The molecule has 3 aliphatic rings. The summed E-state index contributed by atoms with van der Waals surface area (Å²) in [5, 5.41) is 3.72. The number of nitrogens with one attached hydrogen (secondary N) is 2. The SMILES string of the molecule is C(NC1CCCCCCC1)=C1N=C(c2ccc[nH]2)C2=C1CCCC2. The van der Waals surface area contributed by atoms with Gasteiger partial charge in [0.05, 0.1) is 17.1 Å². The van der Waals surface area contributed by atoms with Gasteiger partial charge in [0.25, 0.3) is 0 Å². The lowest BCUT2D eigenvalue weighted by atomic mass is 9.89. The van der Waals surface area contributed by atoms with E-state index in [-0.39, 0.29) is 0 Å². The Labute approximate surface area is 145 Å². The highest BCUT2D eigenvalue weighted by atomic mass is 14.9. The Balaban J connectivity index is 1.54. The van der Waals surface area contributed by atoms with Crippen LogP contribution in [-0.2, 0) is 0 Å². The quantitative estimate of drug-likeness (QED) is 0.785. The summed E-state index contributed by atoms with van der Waals surface area (Å²) in [5.74, 6) is 0. The lowest BCUT2D eigenvalue weighted by molar-refractivity contribution is 0.419. The molecule has 0 spiro atoms. The Kier molecular flexibility index (Phi) is 4.86. The van der Waals surface area contributed by atoms with E-state index in [0.29, 0.717) is 6.04 Å². The van der Waals surface area contributed by atoms with Crippen molar-refractivity contribution in [3.05, 3.63) is 47.1 Å². The molecule has 1 saturated carbocycles. The number of aromatic amines is 1. The molecule has 2 aliphatic carbocycles. The minimum atomic E-state index is 0.634. The van der Waals surface area contributed by atoms with Gasteiger partial charge in [0.2, 0.25) is 0 Å². The van der Waals surface area contributed by atoms with E-state index in [2.05, 4.69) is 28.6 Å². The maximum Gasteiger partial charge on any atom is 0.0907 e. The Morgan fingerprint density at radius 2 is 1.71 bits per heavy atom. The summed E-state index contributed by atoms with van der Waals surface area (Å²) in [4.78, 5) is 8.35. The largest absolute Gasteiger partial charge is 0.386 e. The molecule has 0 radical (unpaired) electrons. The van der Waals surface area contributed by atoms with E-state index in [0.717, 1.165) is 0 Å². The molecule has 0 aromatic carbocycles. The molecular weight excluding hydrogens is 294 g/mol. The molecule has 128 valence electrons.